The lowest BCUT2D eigenvalue weighted by Gasteiger charge is -2.13. The van der Waals surface area contributed by atoms with Gasteiger partial charge >= 0.3 is 6.61 Å². The zero-order valence-corrected chi connectivity index (χ0v) is 18.6. The average molecular weight is 490 g/mol. The van der Waals surface area contributed by atoms with Gasteiger partial charge in [0, 0.05) is 31.6 Å². The normalized spacial score (nSPS) is 14.6. The summed E-state index contributed by atoms with van der Waals surface area (Å²) >= 11 is 0.752. The summed E-state index contributed by atoms with van der Waals surface area (Å²) in [7, 11) is 0. The molecule has 0 bridgehead atoms. The lowest BCUT2D eigenvalue weighted by atomic mass is 10.2. The Kier molecular flexibility index (Phi) is 8.74. The SMILES string of the molecule is O=C(CCNC(=O)c1ccccc1)NCCN1C(=O)SC(=Cc2ccc(OC(F)F)cc2)C1=O. The number of carbonyl (C=O) groups excluding carboxylic acids is 4. The molecule has 178 valence electrons. The maximum Gasteiger partial charge on any atom is 0.387 e. The highest BCUT2D eigenvalue weighted by atomic mass is 32.2. The number of ether oxygens (including phenoxy) is 1. The fraction of sp³-hybridized carbons (Fsp3) is 0.217. The third-order valence-electron chi connectivity index (χ3n) is 4.61. The van der Waals surface area contributed by atoms with Crippen LogP contribution in [0.4, 0.5) is 13.6 Å². The number of benzene rings is 2. The van der Waals surface area contributed by atoms with Gasteiger partial charge in [-0.3, -0.25) is 24.1 Å². The van der Waals surface area contributed by atoms with Crippen LogP contribution in [0.2, 0.25) is 0 Å². The molecule has 1 fully saturated rings. The van der Waals surface area contributed by atoms with Crippen molar-refractivity contribution in [1.82, 2.24) is 15.5 Å². The van der Waals surface area contributed by atoms with Crippen LogP contribution in [-0.4, -0.2) is 54.1 Å². The van der Waals surface area contributed by atoms with Gasteiger partial charge < -0.3 is 15.4 Å². The zero-order chi connectivity index (χ0) is 24.5. The van der Waals surface area contributed by atoms with E-state index in [4.69, 9.17) is 0 Å². The first kappa shape index (κ1) is 24.9. The highest BCUT2D eigenvalue weighted by molar-refractivity contribution is 8.18. The van der Waals surface area contributed by atoms with Crippen LogP contribution in [0.5, 0.6) is 5.75 Å². The number of hydrogen-bond donors (Lipinski definition) is 2. The highest BCUT2D eigenvalue weighted by Gasteiger charge is 2.34. The molecular formula is C23H21F2N3O5S. The molecule has 0 aromatic heterocycles. The molecule has 0 atom stereocenters. The third-order valence-corrected chi connectivity index (χ3v) is 5.52. The largest absolute Gasteiger partial charge is 0.435 e. The molecule has 0 unspecified atom stereocenters. The molecule has 11 heteroatoms. The van der Waals surface area contributed by atoms with Crippen molar-refractivity contribution < 1.29 is 32.7 Å². The molecule has 0 saturated carbocycles. The second-order valence-electron chi connectivity index (χ2n) is 7.00. The van der Waals surface area contributed by atoms with Crippen LogP contribution in [0.15, 0.2) is 59.5 Å². The number of alkyl halides is 2. The molecule has 1 heterocycles. The van der Waals surface area contributed by atoms with Crippen LogP contribution in [0.1, 0.15) is 22.3 Å². The van der Waals surface area contributed by atoms with Crippen molar-refractivity contribution in [2.75, 3.05) is 19.6 Å². The molecule has 1 aliphatic rings. The summed E-state index contributed by atoms with van der Waals surface area (Å²) < 4.78 is 28.7. The standard InChI is InChI=1S/C23H21F2N3O5S/c24-22(25)33-17-8-6-15(7-9-17)14-18-21(31)28(23(32)34-18)13-12-26-19(29)10-11-27-20(30)16-4-2-1-3-5-16/h1-9,14,22H,10-13H2,(H,26,29)(H,27,30). The highest BCUT2D eigenvalue weighted by Crippen LogP contribution is 2.32. The molecular weight excluding hydrogens is 468 g/mol. The Labute approximate surface area is 198 Å². The van der Waals surface area contributed by atoms with E-state index in [2.05, 4.69) is 15.4 Å². The van der Waals surface area contributed by atoms with Crippen molar-refractivity contribution in [1.29, 1.82) is 0 Å². The summed E-state index contributed by atoms with van der Waals surface area (Å²) in [5, 5.41) is 4.78. The second-order valence-corrected chi connectivity index (χ2v) is 8.00. The first-order valence-electron chi connectivity index (χ1n) is 10.2. The van der Waals surface area contributed by atoms with Gasteiger partial charge in [0.15, 0.2) is 0 Å². The number of hydrogen-bond acceptors (Lipinski definition) is 6. The van der Waals surface area contributed by atoms with E-state index in [1.165, 1.54) is 30.3 Å². The summed E-state index contributed by atoms with van der Waals surface area (Å²) in [5.41, 5.74) is 1.03. The number of halogens is 2. The van der Waals surface area contributed by atoms with Gasteiger partial charge in [-0.15, -0.1) is 0 Å². The number of nitrogens with zero attached hydrogens (tertiary/aromatic N) is 1. The number of rotatable bonds is 10. The monoisotopic (exact) mass is 489 g/mol. The molecule has 2 aromatic carbocycles. The summed E-state index contributed by atoms with van der Waals surface area (Å²) in [6, 6.07) is 14.2. The van der Waals surface area contributed by atoms with Crippen LogP contribution in [0.25, 0.3) is 6.08 Å². The predicted octanol–water partition coefficient (Wildman–Crippen LogP) is 3.26. The summed E-state index contributed by atoms with van der Waals surface area (Å²) in [6.45, 7) is -2.73. The van der Waals surface area contributed by atoms with Crippen LogP contribution in [0.3, 0.4) is 0 Å². The zero-order valence-electron chi connectivity index (χ0n) is 17.8. The molecule has 2 N–H and O–H groups in total. The molecule has 0 aliphatic carbocycles. The summed E-state index contributed by atoms with van der Waals surface area (Å²) in [6.07, 6.45) is 1.52. The van der Waals surface area contributed by atoms with Crippen molar-refractivity contribution in [3.8, 4) is 5.75 Å². The van der Waals surface area contributed by atoms with Crippen LogP contribution >= 0.6 is 11.8 Å². The minimum Gasteiger partial charge on any atom is -0.435 e. The van der Waals surface area contributed by atoms with E-state index in [0.29, 0.717) is 11.1 Å². The van der Waals surface area contributed by atoms with Crippen LogP contribution in [0, 0.1) is 0 Å². The summed E-state index contributed by atoms with van der Waals surface area (Å²) in [5.74, 6) is -1.14. The number of thioether (sulfide) groups is 1. The predicted molar refractivity (Wildman–Crippen MR) is 122 cm³/mol. The molecule has 4 amide bonds. The molecule has 1 aliphatic heterocycles. The fourth-order valence-corrected chi connectivity index (χ4v) is 3.83. The van der Waals surface area contributed by atoms with Crippen molar-refractivity contribution in [3.05, 3.63) is 70.6 Å². The Hall–Kier alpha value is -3.73. The van der Waals surface area contributed by atoms with Gasteiger partial charge in [-0.25, -0.2) is 0 Å². The molecule has 0 spiro atoms. The van der Waals surface area contributed by atoms with E-state index in [9.17, 15) is 28.0 Å². The molecule has 34 heavy (non-hydrogen) atoms. The maximum atomic E-state index is 12.5. The van der Waals surface area contributed by atoms with Gasteiger partial charge in [-0.1, -0.05) is 30.3 Å². The first-order valence-corrected chi connectivity index (χ1v) is 11.1. The van der Waals surface area contributed by atoms with Gasteiger partial charge in [0.25, 0.3) is 17.1 Å². The molecule has 0 radical (unpaired) electrons. The van der Waals surface area contributed by atoms with Crippen LogP contribution < -0.4 is 15.4 Å². The molecule has 1 saturated heterocycles. The van der Waals surface area contributed by atoms with E-state index in [1.54, 1.807) is 30.3 Å². The van der Waals surface area contributed by atoms with Crippen molar-refractivity contribution >= 4 is 40.8 Å². The number of carbonyl (C=O) groups is 4. The Morgan fingerprint density at radius 1 is 1.00 bits per heavy atom. The second kappa shape index (κ2) is 11.9. The van der Waals surface area contributed by atoms with Gasteiger partial charge in [0.1, 0.15) is 5.75 Å². The summed E-state index contributed by atoms with van der Waals surface area (Å²) in [4.78, 5) is 49.8. The van der Waals surface area contributed by atoms with Crippen molar-refractivity contribution in [2.24, 2.45) is 0 Å². The van der Waals surface area contributed by atoms with E-state index in [-0.39, 0.29) is 48.5 Å². The van der Waals surface area contributed by atoms with Gasteiger partial charge in [0.05, 0.1) is 4.91 Å². The van der Waals surface area contributed by atoms with Gasteiger partial charge in [-0.05, 0) is 47.7 Å². The van der Waals surface area contributed by atoms with E-state index < -0.39 is 17.8 Å². The number of nitrogens with one attached hydrogen (secondary N) is 2. The molecule has 2 aromatic rings. The maximum absolute atomic E-state index is 12.5. The Morgan fingerprint density at radius 3 is 2.38 bits per heavy atom. The topological polar surface area (TPSA) is 105 Å². The molecule has 8 nitrogen and oxygen atoms in total. The lowest BCUT2D eigenvalue weighted by Crippen LogP contribution is -2.38. The number of imide groups is 1. The number of amides is 4. The average Bonchev–Trinajstić information content (AvgIpc) is 3.08. The Balaban J connectivity index is 1.42. The third kappa shape index (κ3) is 7.14. The van der Waals surface area contributed by atoms with E-state index in [0.717, 1.165) is 16.7 Å². The van der Waals surface area contributed by atoms with Gasteiger partial charge in [0.2, 0.25) is 5.91 Å². The van der Waals surface area contributed by atoms with Gasteiger partial charge in [-0.2, -0.15) is 8.78 Å². The minimum atomic E-state index is -2.93. The quantitative estimate of drug-likeness (QED) is 0.497. The van der Waals surface area contributed by atoms with Crippen molar-refractivity contribution in [3.63, 3.8) is 0 Å². The minimum absolute atomic E-state index is 0.00864. The smallest absolute Gasteiger partial charge is 0.387 e. The lowest BCUT2D eigenvalue weighted by molar-refractivity contribution is -0.124. The van der Waals surface area contributed by atoms with E-state index in [1.807, 2.05) is 0 Å². The Morgan fingerprint density at radius 2 is 1.71 bits per heavy atom. The van der Waals surface area contributed by atoms with E-state index >= 15 is 0 Å². The van der Waals surface area contributed by atoms with Crippen molar-refractivity contribution in [2.45, 2.75) is 13.0 Å². The van der Waals surface area contributed by atoms with Crippen LogP contribution in [-0.2, 0) is 9.59 Å². The first-order chi connectivity index (χ1) is 16.3. The Bertz CT molecular complexity index is 1080. The fourth-order valence-electron chi connectivity index (χ4n) is 2.97. The molecule has 3 rings (SSSR count).